The van der Waals surface area contributed by atoms with Crippen molar-refractivity contribution in [2.75, 3.05) is 14.1 Å². The SMILES string of the molecule is CC(C)[C@H]1C(=O)N[C@H](c2ccccc2)C/C=C/C[C@H](C)Oc2ccccc2C(=O)N1C.CC(C)[C@H]1C(=O)N[C@H](c2ccccc2)C/C=C\C[C@H](C)Oc2ccccc2C(=O)N1C. The fourth-order valence-corrected chi connectivity index (χ4v) is 7.99. The van der Waals surface area contributed by atoms with E-state index in [1.807, 2.05) is 139 Å². The molecule has 2 aliphatic rings. The van der Waals surface area contributed by atoms with E-state index in [1.165, 1.54) is 9.80 Å². The molecule has 6 atom stereocenters. The first kappa shape index (κ1) is 46.9. The second-order valence-corrected chi connectivity index (χ2v) is 16.9. The number of amides is 4. The van der Waals surface area contributed by atoms with E-state index in [1.54, 1.807) is 26.2 Å². The number of rotatable bonds is 4. The van der Waals surface area contributed by atoms with E-state index >= 15 is 0 Å². The molecule has 0 spiro atoms. The molecule has 2 aliphatic heterocycles. The number of nitrogens with one attached hydrogen (secondary N) is 2. The smallest absolute Gasteiger partial charge is 0.258 e. The third kappa shape index (κ3) is 12.5. The first-order valence-electron chi connectivity index (χ1n) is 21.8. The van der Waals surface area contributed by atoms with Gasteiger partial charge in [-0.1, -0.05) is 137 Å². The van der Waals surface area contributed by atoms with Gasteiger partial charge in [0.1, 0.15) is 23.6 Å². The fourth-order valence-electron chi connectivity index (χ4n) is 7.99. The maximum absolute atomic E-state index is 13.4. The van der Waals surface area contributed by atoms with Gasteiger partial charge in [0.2, 0.25) is 11.8 Å². The van der Waals surface area contributed by atoms with Crippen LogP contribution < -0.4 is 20.1 Å². The third-order valence-corrected chi connectivity index (χ3v) is 11.2. The Morgan fingerprint density at radius 2 is 0.806 bits per heavy atom. The zero-order valence-electron chi connectivity index (χ0n) is 37.5. The van der Waals surface area contributed by atoms with Crippen LogP contribution in [0.3, 0.4) is 0 Å². The fraction of sp³-hybridized carbons (Fsp3) is 0.385. The van der Waals surface area contributed by atoms with Gasteiger partial charge < -0.3 is 29.9 Å². The lowest BCUT2D eigenvalue weighted by molar-refractivity contribution is -0.128. The summed E-state index contributed by atoms with van der Waals surface area (Å²) in [6.07, 6.45) is 10.9. The van der Waals surface area contributed by atoms with Crippen LogP contribution in [0.25, 0.3) is 0 Å². The zero-order valence-corrected chi connectivity index (χ0v) is 37.5. The van der Waals surface area contributed by atoms with E-state index in [4.69, 9.17) is 9.47 Å². The number of hydrogen-bond acceptors (Lipinski definition) is 6. The van der Waals surface area contributed by atoms with Crippen LogP contribution in [0.2, 0.25) is 0 Å². The van der Waals surface area contributed by atoms with Crippen molar-refractivity contribution in [3.63, 3.8) is 0 Å². The summed E-state index contributed by atoms with van der Waals surface area (Å²) in [4.78, 5) is 56.6. The van der Waals surface area contributed by atoms with E-state index in [-0.39, 0.29) is 59.8 Å². The molecule has 2 heterocycles. The molecular weight excluding hydrogens is 777 g/mol. The maximum atomic E-state index is 13.4. The first-order valence-corrected chi connectivity index (χ1v) is 21.8. The second-order valence-electron chi connectivity index (χ2n) is 16.9. The van der Waals surface area contributed by atoms with Gasteiger partial charge in [0.25, 0.3) is 11.8 Å². The molecule has 10 nitrogen and oxygen atoms in total. The van der Waals surface area contributed by atoms with Crippen molar-refractivity contribution in [1.82, 2.24) is 20.4 Å². The largest absolute Gasteiger partial charge is 0.490 e. The van der Waals surface area contributed by atoms with Gasteiger partial charge in [-0.3, -0.25) is 19.2 Å². The van der Waals surface area contributed by atoms with Crippen molar-refractivity contribution in [3.8, 4) is 11.5 Å². The number of nitrogens with zero attached hydrogens (tertiary/aromatic N) is 2. The van der Waals surface area contributed by atoms with Gasteiger partial charge in [-0.15, -0.1) is 0 Å². The predicted octanol–water partition coefficient (Wildman–Crippen LogP) is 9.52. The van der Waals surface area contributed by atoms with Gasteiger partial charge in [-0.2, -0.15) is 0 Å². The van der Waals surface area contributed by atoms with Crippen molar-refractivity contribution < 1.29 is 28.7 Å². The highest BCUT2D eigenvalue weighted by Crippen LogP contribution is 2.28. The van der Waals surface area contributed by atoms with Crippen LogP contribution in [0, 0.1) is 11.8 Å². The topological polar surface area (TPSA) is 117 Å². The van der Waals surface area contributed by atoms with Crippen LogP contribution in [0.15, 0.2) is 133 Å². The highest BCUT2D eigenvalue weighted by Gasteiger charge is 2.34. The number of ether oxygens (including phenoxy) is 2. The van der Waals surface area contributed by atoms with Crippen molar-refractivity contribution in [3.05, 3.63) is 156 Å². The number of fused-ring (bicyclic) bond motifs is 2. The Balaban J connectivity index is 0.000000234. The minimum atomic E-state index is -0.601. The Morgan fingerprint density at radius 3 is 1.16 bits per heavy atom. The molecule has 62 heavy (non-hydrogen) atoms. The number of benzene rings is 4. The Kier molecular flexibility index (Phi) is 17.1. The Labute approximate surface area is 368 Å². The molecule has 2 N–H and O–H groups in total. The number of carbonyl (C=O) groups excluding carboxylic acids is 4. The van der Waals surface area contributed by atoms with Gasteiger partial charge in [-0.25, -0.2) is 0 Å². The molecule has 328 valence electrons. The molecule has 0 fully saturated rings. The number of likely N-dealkylation sites (N-methyl/N-ethyl adjacent to an activating group) is 2. The van der Waals surface area contributed by atoms with Crippen molar-refractivity contribution >= 4 is 23.6 Å². The van der Waals surface area contributed by atoms with Gasteiger partial charge in [-0.05, 0) is 73.9 Å². The minimum absolute atomic E-state index is 0.0548. The van der Waals surface area contributed by atoms with Crippen molar-refractivity contribution in [2.24, 2.45) is 11.8 Å². The van der Waals surface area contributed by atoms with E-state index in [2.05, 4.69) is 34.9 Å². The lowest BCUT2D eigenvalue weighted by atomic mass is 9.98. The van der Waals surface area contributed by atoms with Gasteiger partial charge in [0.15, 0.2) is 0 Å². The lowest BCUT2D eigenvalue weighted by Crippen LogP contribution is -2.51. The number of carbonyl (C=O) groups is 4. The van der Waals surface area contributed by atoms with E-state index in [9.17, 15) is 19.2 Å². The van der Waals surface area contributed by atoms with Crippen molar-refractivity contribution in [1.29, 1.82) is 0 Å². The average molecular weight is 841 g/mol. The molecule has 4 amide bonds. The average Bonchev–Trinajstić information content (AvgIpc) is 3.25. The molecule has 0 aliphatic carbocycles. The van der Waals surface area contributed by atoms with Gasteiger partial charge in [0.05, 0.1) is 35.4 Å². The summed E-state index contributed by atoms with van der Waals surface area (Å²) in [5.74, 6) is 0.223. The first-order chi connectivity index (χ1) is 29.8. The number of para-hydroxylation sites is 2. The Morgan fingerprint density at radius 1 is 0.484 bits per heavy atom. The van der Waals surface area contributed by atoms with Gasteiger partial charge >= 0.3 is 0 Å². The summed E-state index contributed by atoms with van der Waals surface area (Å²) in [5.41, 5.74) is 3.02. The Bertz CT molecular complexity index is 2000. The Hall–Kier alpha value is -6.16. The molecule has 0 saturated heterocycles. The van der Waals surface area contributed by atoms with E-state index < -0.39 is 12.1 Å². The molecule has 0 bridgehead atoms. The molecule has 0 aromatic heterocycles. The highest BCUT2D eigenvalue weighted by molar-refractivity contribution is 6.00. The summed E-state index contributed by atoms with van der Waals surface area (Å²) in [6, 6.07) is 32.8. The highest BCUT2D eigenvalue weighted by atomic mass is 16.5. The van der Waals surface area contributed by atoms with Gasteiger partial charge in [0, 0.05) is 26.9 Å². The molecule has 0 radical (unpaired) electrons. The summed E-state index contributed by atoms with van der Waals surface area (Å²) in [5, 5.41) is 6.38. The molecule has 0 unspecified atom stereocenters. The third-order valence-electron chi connectivity index (χ3n) is 11.2. The van der Waals surface area contributed by atoms with Crippen LogP contribution in [-0.2, 0) is 9.59 Å². The second kappa shape index (κ2) is 22.6. The summed E-state index contributed by atoms with van der Waals surface area (Å²) >= 11 is 0. The quantitative estimate of drug-likeness (QED) is 0.198. The zero-order chi connectivity index (χ0) is 44.8. The van der Waals surface area contributed by atoms with Crippen LogP contribution in [0.4, 0.5) is 0 Å². The van der Waals surface area contributed by atoms with E-state index in [0.29, 0.717) is 48.3 Å². The van der Waals surface area contributed by atoms with Crippen LogP contribution in [0.1, 0.15) is 111 Å². The summed E-state index contributed by atoms with van der Waals surface area (Å²) in [6.45, 7) is 11.8. The normalized spacial score (nSPS) is 24.0. The molecule has 0 saturated carbocycles. The molecule has 10 heteroatoms. The van der Waals surface area contributed by atoms with Crippen molar-refractivity contribution in [2.45, 2.75) is 104 Å². The summed E-state index contributed by atoms with van der Waals surface area (Å²) in [7, 11) is 3.38. The monoisotopic (exact) mass is 840 g/mol. The van der Waals surface area contributed by atoms with E-state index in [0.717, 1.165) is 11.1 Å². The predicted molar refractivity (Wildman–Crippen MR) is 246 cm³/mol. The van der Waals surface area contributed by atoms with Crippen LogP contribution in [0.5, 0.6) is 11.5 Å². The van der Waals surface area contributed by atoms with Crippen LogP contribution >= 0.6 is 0 Å². The lowest BCUT2D eigenvalue weighted by Gasteiger charge is -2.32. The standard InChI is InChI=1S/2C26H32N2O3/c2*1-18(2)24-25(29)27-22(20-13-6-5-7-14-20)16-10-8-12-19(3)31-23-17-11-9-15-21(23)26(30)28(24)4/h2*5-11,13-15,17-19,22,24H,12,16H2,1-4H3,(H,27,29)/b10-8+;10-8-/t2*19-,22-,24-/m00/s1. The van der Waals surface area contributed by atoms with Crippen LogP contribution in [-0.4, -0.2) is 71.8 Å². The molecule has 4 aromatic rings. The number of hydrogen-bond donors (Lipinski definition) is 2. The summed E-state index contributed by atoms with van der Waals surface area (Å²) < 4.78 is 12.2. The molecular formula is C52H64N4O6. The molecule has 6 rings (SSSR count). The minimum Gasteiger partial charge on any atom is -0.490 e. The maximum Gasteiger partial charge on any atom is 0.258 e. The molecule has 4 aromatic carbocycles.